The Kier molecular flexibility index (Phi) is 5.77. The molecule has 1 saturated heterocycles. The van der Waals surface area contributed by atoms with Crippen LogP contribution in [0.2, 0.25) is 0 Å². The summed E-state index contributed by atoms with van der Waals surface area (Å²) >= 11 is 0. The van der Waals surface area contributed by atoms with Crippen molar-refractivity contribution in [2.75, 3.05) is 19.6 Å². The van der Waals surface area contributed by atoms with Crippen molar-refractivity contribution < 1.29 is 0 Å². The Balaban J connectivity index is 2.54. The molecular formula is C14H30N2. The van der Waals surface area contributed by atoms with Crippen LogP contribution in [0.25, 0.3) is 0 Å². The molecule has 0 radical (unpaired) electrons. The Labute approximate surface area is 102 Å². The van der Waals surface area contributed by atoms with E-state index in [2.05, 4.69) is 44.8 Å². The lowest BCUT2D eigenvalue weighted by atomic mass is 9.94. The number of nitrogens with one attached hydrogen (secondary N) is 1. The van der Waals surface area contributed by atoms with Crippen molar-refractivity contribution in [2.45, 2.75) is 59.5 Å². The van der Waals surface area contributed by atoms with Crippen LogP contribution in [-0.2, 0) is 0 Å². The Morgan fingerprint density at radius 2 is 1.94 bits per heavy atom. The average Bonchev–Trinajstić information content (AvgIpc) is 2.27. The number of rotatable bonds is 5. The molecule has 3 atom stereocenters. The second-order valence-corrected chi connectivity index (χ2v) is 5.81. The topological polar surface area (TPSA) is 15.3 Å². The first-order chi connectivity index (χ1) is 7.58. The van der Waals surface area contributed by atoms with E-state index in [9.17, 15) is 0 Å². The van der Waals surface area contributed by atoms with E-state index < -0.39 is 0 Å². The van der Waals surface area contributed by atoms with E-state index in [0.717, 1.165) is 17.9 Å². The highest BCUT2D eigenvalue weighted by atomic mass is 15.2. The summed E-state index contributed by atoms with van der Waals surface area (Å²) in [5.74, 6) is 1.58. The first-order valence-electron chi connectivity index (χ1n) is 7.05. The molecule has 0 aromatic rings. The minimum atomic E-state index is 0.701. The van der Waals surface area contributed by atoms with Gasteiger partial charge in [-0.15, -0.1) is 0 Å². The number of hydrogen-bond acceptors (Lipinski definition) is 2. The molecule has 2 heteroatoms. The van der Waals surface area contributed by atoms with Gasteiger partial charge in [0.25, 0.3) is 0 Å². The van der Waals surface area contributed by atoms with Gasteiger partial charge in [-0.3, -0.25) is 4.90 Å². The van der Waals surface area contributed by atoms with Crippen molar-refractivity contribution in [3.05, 3.63) is 0 Å². The van der Waals surface area contributed by atoms with Gasteiger partial charge in [-0.05, 0) is 18.3 Å². The molecule has 0 spiro atoms. The molecule has 0 aromatic carbocycles. The van der Waals surface area contributed by atoms with Crippen LogP contribution in [0.1, 0.15) is 47.5 Å². The van der Waals surface area contributed by atoms with E-state index >= 15 is 0 Å². The van der Waals surface area contributed by atoms with Crippen LogP contribution in [0.15, 0.2) is 0 Å². The Morgan fingerprint density at radius 3 is 2.44 bits per heavy atom. The molecule has 1 aliphatic heterocycles. The maximum Gasteiger partial charge on any atom is 0.0221 e. The maximum atomic E-state index is 3.73. The van der Waals surface area contributed by atoms with Gasteiger partial charge in [-0.1, -0.05) is 41.0 Å². The molecule has 0 saturated carbocycles. The quantitative estimate of drug-likeness (QED) is 0.775. The summed E-state index contributed by atoms with van der Waals surface area (Å²) in [6.07, 6.45) is 2.55. The smallest absolute Gasteiger partial charge is 0.0221 e. The van der Waals surface area contributed by atoms with Crippen molar-refractivity contribution in [3.8, 4) is 0 Å². The van der Waals surface area contributed by atoms with Gasteiger partial charge in [0.15, 0.2) is 0 Å². The maximum absolute atomic E-state index is 3.73. The highest BCUT2D eigenvalue weighted by molar-refractivity contribution is 4.87. The fraction of sp³-hybridized carbons (Fsp3) is 1.00. The molecule has 1 rings (SSSR count). The lowest BCUT2D eigenvalue weighted by Gasteiger charge is -2.43. The van der Waals surface area contributed by atoms with E-state index in [1.807, 2.05) is 0 Å². The van der Waals surface area contributed by atoms with Gasteiger partial charge in [-0.2, -0.15) is 0 Å². The molecule has 0 amide bonds. The molecule has 96 valence electrons. The van der Waals surface area contributed by atoms with Gasteiger partial charge >= 0.3 is 0 Å². The summed E-state index contributed by atoms with van der Waals surface area (Å²) in [7, 11) is 0. The predicted molar refractivity (Wildman–Crippen MR) is 71.7 cm³/mol. The highest BCUT2D eigenvalue weighted by Crippen LogP contribution is 2.18. The zero-order valence-electron chi connectivity index (χ0n) is 11.8. The lowest BCUT2D eigenvalue weighted by molar-refractivity contribution is 0.0945. The molecule has 1 aliphatic rings. The van der Waals surface area contributed by atoms with Gasteiger partial charge in [0.2, 0.25) is 0 Å². The van der Waals surface area contributed by atoms with E-state index in [1.165, 1.54) is 32.5 Å². The molecular weight excluding hydrogens is 196 g/mol. The van der Waals surface area contributed by atoms with Crippen LogP contribution in [0, 0.1) is 11.8 Å². The van der Waals surface area contributed by atoms with Crippen LogP contribution < -0.4 is 5.32 Å². The summed E-state index contributed by atoms with van der Waals surface area (Å²) < 4.78 is 0. The van der Waals surface area contributed by atoms with Gasteiger partial charge in [0.1, 0.15) is 0 Å². The Morgan fingerprint density at radius 1 is 1.25 bits per heavy atom. The first-order valence-corrected chi connectivity index (χ1v) is 7.05. The third-order valence-corrected chi connectivity index (χ3v) is 3.97. The van der Waals surface area contributed by atoms with E-state index in [4.69, 9.17) is 0 Å². The molecule has 3 unspecified atom stereocenters. The van der Waals surface area contributed by atoms with Crippen molar-refractivity contribution in [1.82, 2.24) is 10.2 Å². The second kappa shape index (κ2) is 6.61. The van der Waals surface area contributed by atoms with Gasteiger partial charge in [-0.25, -0.2) is 0 Å². The lowest BCUT2D eigenvalue weighted by Crippen LogP contribution is -2.58. The molecule has 1 heterocycles. The predicted octanol–water partition coefficient (Wildman–Crippen LogP) is 2.74. The molecule has 1 fully saturated rings. The minimum absolute atomic E-state index is 0.701. The van der Waals surface area contributed by atoms with Crippen molar-refractivity contribution >= 4 is 0 Å². The van der Waals surface area contributed by atoms with E-state index in [0.29, 0.717) is 6.04 Å². The first kappa shape index (κ1) is 14.0. The SMILES string of the molecule is CCC(C)C1CN(CC(C)C)C(CC)CN1. The summed E-state index contributed by atoms with van der Waals surface area (Å²) in [4.78, 5) is 2.71. The Hall–Kier alpha value is -0.0800. The molecule has 0 aromatic heterocycles. The average molecular weight is 226 g/mol. The summed E-state index contributed by atoms with van der Waals surface area (Å²) in [6, 6.07) is 1.45. The van der Waals surface area contributed by atoms with E-state index in [-0.39, 0.29) is 0 Å². The third-order valence-electron chi connectivity index (χ3n) is 3.97. The number of hydrogen-bond donors (Lipinski definition) is 1. The zero-order chi connectivity index (χ0) is 12.1. The monoisotopic (exact) mass is 226 g/mol. The molecule has 0 aliphatic carbocycles. The van der Waals surface area contributed by atoms with Crippen LogP contribution in [0.5, 0.6) is 0 Å². The number of nitrogens with zero attached hydrogens (tertiary/aromatic N) is 1. The second-order valence-electron chi connectivity index (χ2n) is 5.81. The van der Waals surface area contributed by atoms with Crippen LogP contribution in [-0.4, -0.2) is 36.6 Å². The molecule has 0 bridgehead atoms. The number of piperazine rings is 1. The van der Waals surface area contributed by atoms with Crippen molar-refractivity contribution in [1.29, 1.82) is 0 Å². The third kappa shape index (κ3) is 3.74. The fourth-order valence-corrected chi connectivity index (χ4v) is 2.64. The van der Waals surface area contributed by atoms with Crippen molar-refractivity contribution in [3.63, 3.8) is 0 Å². The van der Waals surface area contributed by atoms with Gasteiger partial charge < -0.3 is 5.32 Å². The minimum Gasteiger partial charge on any atom is -0.311 e. The fourth-order valence-electron chi connectivity index (χ4n) is 2.64. The van der Waals surface area contributed by atoms with Gasteiger partial charge in [0, 0.05) is 31.7 Å². The zero-order valence-corrected chi connectivity index (χ0v) is 11.8. The summed E-state index contributed by atoms with van der Waals surface area (Å²) in [5, 5.41) is 3.73. The van der Waals surface area contributed by atoms with Crippen molar-refractivity contribution in [2.24, 2.45) is 11.8 Å². The summed E-state index contributed by atoms with van der Waals surface area (Å²) in [6.45, 7) is 15.3. The van der Waals surface area contributed by atoms with Crippen LogP contribution >= 0.6 is 0 Å². The Bertz CT molecular complexity index is 191. The van der Waals surface area contributed by atoms with Crippen LogP contribution in [0.3, 0.4) is 0 Å². The van der Waals surface area contributed by atoms with E-state index in [1.54, 1.807) is 0 Å². The standard InChI is InChI=1S/C14H30N2/c1-6-12(5)14-10-16(9-11(3)4)13(7-2)8-15-14/h11-15H,6-10H2,1-5H3. The summed E-state index contributed by atoms with van der Waals surface area (Å²) in [5.41, 5.74) is 0. The highest BCUT2D eigenvalue weighted by Gasteiger charge is 2.29. The van der Waals surface area contributed by atoms with Gasteiger partial charge in [0.05, 0.1) is 0 Å². The normalized spacial score (nSPS) is 29.6. The molecule has 16 heavy (non-hydrogen) atoms. The van der Waals surface area contributed by atoms with Crippen LogP contribution in [0.4, 0.5) is 0 Å². The molecule has 1 N–H and O–H groups in total. The molecule has 2 nitrogen and oxygen atoms in total. The largest absolute Gasteiger partial charge is 0.311 e.